The first-order valence-electron chi connectivity index (χ1n) is 9.96. The number of carbonyl (C=O) groups excluding carboxylic acids is 2. The van der Waals surface area contributed by atoms with E-state index in [0.717, 1.165) is 37.8 Å². The van der Waals surface area contributed by atoms with E-state index in [9.17, 15) is 9.59 Å². The van der Waals surface area contributed by atoms with Gasteiger partial charge >= 0.3 is 0 Å². The van der Waals surface area contributed by atoms with Crippen LogP contribution in [0.2, 0.25) is 0 Å². The minimum atomic E-state index is -0.418. The van der Waals surface area contributed by atoms with Crippen molar-refractivity contribution < 1.29 is 14.3 Å². The van der Waals surface area contributed by atoms with Gasteiger partial charge in [0, 0.05) is 36.8 Å². The fourth-order valence-electron chi connectivity index (χ4n) is 3.18. The van der Waals surface area contributed by atoms with Gasteiger partial charge in [0.2, 0.25) is 17.7 Å². The minimum Gasteiger partial charge on any atom is -0.477 e. The third kappa shape index (κ3) is 6.22. The SMILES string of the molecule is CCCCOc1ncccc1CNC(=O)C1CCCN(C(=O)C(C)(C)C)C1. The van der Waals surface area contributed by atoms with Crippen LogP contribution in [0.4, 0.5) is 0 Å². The zero-order valence-electron chi connectivity index (χ0n) is 17.1. The molecule has 0 bridgehead atoms. The molecule has 2 rings (SSSR count). The molecular formula is C21H33N3O3. The highest BCUT2D eigenvalue weighted by Gasteiger charge is 2.33. The zero-order valence-corrected chi connectivity index (χ0v) is 17.1. The van der Waals surface area contributed by atoms with Gasteiger partial charge in [0.1, 0.15) is 0 Å². The standard InChI is InChI=1S/C21H33N3O3/c1-5-6-13-27-19-16(9-7-11-22-19)14-23-18(25)17-10-8-12-24(15-17)20(26)21(2,3)4/h7,9,11,17H,5-6,8,10,12-15H2,1-4H3,(H,23,25). The first-order valence-corrected chi connectivity index (χ1v) is 9.96. The Morgan fingerprint density at radius 3 is 2.85 bits per heavy atom. The fourth-order valence-corrected chi connectivity index (χ4v) is 3.18. The highest BCUT2D eigenvalue weighted by Crippen LogP contribution is 2.24. The molecule has 1 unspecified atom stereocenters. The molecule has 0 aliphatic carbocycles. The summed E-state index contributed by atoms with van der Waals surface area (Å²) in [7, 11) is 0. The third-order valence-electron chi connectivity index (χ3n) is 4.76. The van der Waals surface area contributed by atoms with E-state index in [0.29, 0.717) is 25.6 Å². The highest BCUT2D eigenvalue weighted by molar-refractivity contribution is 5.83. The van der Waals surface area contributed by atoms with Crippen molar-refractivity contribution in [2.75, 3.05) is 19.7 Å². The Morgan fingerprint density at radius 2 is 2.15 bits per heavy atom. The van der Waals surface area contributed by atoms with E-state index < -0.39 is 5.41 Å². The maximum Gasteiger partial charge on any atom is 0.227 e. The molecular weight excluding hydrogens is 342 g/mol. The van der Waals surface area contributed by atoms with Crippen LogP contribution in [-0.4, -0.2) is 41.4 Å². The Morgan fingerprint density at radius 1 is 1.37 bits per heavy atom. The number of amides is 2. The number of likely N-dealkylation sites (tertiary alicyclic amines) is 1. The van der Waals surface area contributed by atoms with E-state index in [-0.39, 0.29) is 17.7 Å². The van der Waals surface area contributed by atoms with E-state index in [2.05, 4.69) is 17.2 Å². The average Bonchev–Trinajstić information content (AvgIpc) is 2.66. The Hall–Kier alpha value is -2.11. The Labute approximate surface area is 162 Å². The van der Waals surface area contributed by atoms with Gasteiger partial charge in [-0.25, -0.2) is 4.98 Å². The number of ether oxygens (including phenoxy) is 1. The molecule has 150 valence electrons. The second-order valence-corrected chi connectivity index (χ2v) is 8.23. The maximum absolute atomic E-state index is 12.7. The lowest BCUT2D eigenvalue weighted by Gasteiger charge is -2.35. The van der Waals surface area contributed by atoms with E-state index in [1.165, 1.54) is 0 Å². The fraction of sp³-hybridized carbons (Fsp3) is 0.667. The predicted octanol–water partition coefficient (Wildman–Crippen LogP) is 3.16. The Kier molecular flexibility index (Phi) is 7.63. The van der Waals surface area contributed by atoms with Crippen LogP contribution in [0.5, 0.6) is 5.88 Å². The first kappa shape index (κ1) is 21.2. The summed E-state index contributed by atoms with van der Waals surface area (Å²) >= 11 is 0. The topological polar surface area (TPSA) is 71.5 Å². The molecule has 0 aromatic carbocycles. The van der Waals surface area contributed by atoms with Crippen molar-refractivity contribution in [3.05, 3.63) is 23.9 Å². The van der Waals surface area contributed by atoms with Crippen LogP contribution in [0.3, 0.4) is 0 Å². The van der Waals surface area contributed by atoms with Crippen molar-refractivity contribution in [1.82, 2.24) is 15.2 Å². The van der Waals surface area contributed by atoms with Gasteiger partial charge < -0.3 is 15.0 Å². The molecule has 2 amide bonds. The molecule has 1 aliphatic heterocycles. The Bertz CT molecular complexity index is 640. The van der Waals surface area contributed by atoms with Crippen molar-refractivity contribution in [3.8, 4) is 5.88 Å². The lowest BCUT2D eigenvalue weighted by molar-refractivity contribution is -0.142. The van der Waals surface area contributed by atoms with Gasteiger partial charge in [-0.2, -0.15) is 0 Å². The normalized spacial score (nSPS) is 17.5. The molecule has 0 spiro atoms. The summed E-state index contributed by atoms with van der Waals surface area (Å²) < 4.78 is 5.73. The van der Waals surface area contributed by atoms with Crippen molar-refractivity contribution in [2.45, 2.75) is 59.9 Å². The summed E-state index contributed by atoms with van der Waals surface area (Å²) in [4.78, 5) is 31.3. The van der Waals surface area contributed by atoms with Gasteiger partial charge in [-0.15, -0.1) is 0 Å². The summed E-state index contributed by atoms with van der Waals surface area (Å²) in [5.74, 6) is 0.522. The molecule has 6 nitrogen and oxygen atoms in total. The lowest BCUT2D eigenvalue weighted by atomic mass is 9.91. The van der Waals surface area contributed by atoms with Gasteiger partial charge in [-0.3, -0.25) is 9.59 Å². The van der Waals surface area contributed by atoms with E-state index in [1.807, 2.05) is 37.8 Å². The number of hydrogen-bond donors (Lipinski definition) is 1. The molecule has 2 heterocycles. The summed E-state index contributed by atoms with van der Waals surface area (Å²) in [6.07, 6.45) is 5.40. The second kappa shape index (κ2) is 9.72. The van der Waals surface area contributed by atoms with Crippen molar-refractivity contribution in [2.24, 2.45) is 11.3 Å². The molecule has 1 atom stereocenters. The van der Waals surface area contributed by atoms with E-state index in [1.54, 1.807) is 6.20 Å². The van der Waals surface area contributed by atoms with Gasteiger partial charge in [-0.1, -0.05) is 40.2 Å². The van der Waals surface area contributed by atoms with Crippen molar-refractivity contribution in [1.29, 1.82) is 0 Å². The molecule has 1 aromatic rings. The van der Waals surface area contributed by atoms with Crippen LogP contribution >= 0.6 is 0 Å². The number of aromatic nitrogens is 1. The second-order valence-electron chi connectivity index (χ2n) is 8.23. The number of piperidine rings is 1. The molecule has 27 heavy (non-hydrogen) atoms. The van der Waals surface area contributed by atoms with Gasteiger partial charge in [-0.05, 0) is 25.3 Å². The van der Waals surface area contributed by atoms with Crippen LogP contribution in [0.15, 0.2) is 18.3 Å². The first-order chi connectivity index (χ1) is 12.8. The molecule has 1 aliphatic rings. The monoisotopic (exact) mass is 375 g/mol. The summed E-state index contributed by atoms with van der Waals surface area (Å²) in [5.41, 5.74) is 0.458. The minimum absolute atomic E-state index is 0.00947. The molecule has 0 saturated carbocycles. The summed E-state index contributed by atoms with van der Waals surface area (Å²) in [6.45, 7) is 10.1. The van der Waals surface area contributed by atoms with Crippen LogP contribution in [0, 0.1) is 11.3 Å². The van der Waals surface area contributed by atoms with Gasteiger partial charge in [0.15, 0.2) is 0 Å². The molecule has 6 heteroatoms. The number of unbranched alkanes of at least 4 members (excludes halogenated alkanes) is 1. The maximum atomic E-state index is 12.7. The smallest absolute Gasteiger partial charge is 0.227 e. The number of nitrogens with one attached hydrogen (secondary N) is 1. The Balaban J connectivity index is 1.91. The van der Waals surface area contributed by atoms with Crippen LogP contribution < -0.4 is 10.1 Å². The number of hydrogen-bond acceptors (Lipinski definition) is 4. The number of carbonyl (C=O) groups is 2. The van der Waals surface area contributed by atoms with Crippen molar-refractivity contribution in [3.63, 3.8) is 0 Å². The lowest BCUT2D eigenvalue weighted by Crippen LogP contribution is -2.48. The van der Waals surface area contributed by atoms with Crippen LogP contribution in [0.25, 0.3) is 0 Å². The van der Waals surface area contributed by atoms with Gasteiger partial charge in [0.05, 0.1) is 12.5 Å². The number of pyridine rings is 1. The summed E-state index contributed by atoms with van der Waals surface area (Å²) in [5, 5.41) is 3.00. The molecule has 1 N–H and O–H groups in total. The number of nitrogens with zero attached hydrogens (tertiary/aromatic N) is 2. The van der Waals surface area contributed by atoms with Crippen LogP contribution in [0.1, 0.15) is 58.9 Å². The molecule has 1 aromatic heterocycles. The molecule has 1 saturated heterocycles. The highest BCUT2D eigenvalue weighted by atomic mass is 16.5. The van der Waals surface area contributed by atoms with Crippen molar-refractivity contribution >= 4 is 11.8 Å². The predicted molar refractivity (Wildman–Crippen MR) is 105 cm³/mol. The van der Waals surface area contributed by atoms with Gasteiger partial charge in [0.25, 0.3) is 0 Å². The van der Waals surface area contributed by atoms with E-state index in [4.69, 9.17) is 4.74 Å². The largest absolute Gasteiger partial charge is 0.477 e. The number of rotatable bonds is 7. The molecule has 0 radical (unpaired) electrons. The summed E-state index contributed by atoms with van der Waals surface area (Å²) in [6, 6.07) is 3.77. The van der Waals surface area contributed by atoms with E-state index >= 15 is 0 Å². The average molecular weight is 376 g/mol. The quantitative estimate of drug-likeness (QED) is 0.743. The zero-order chi connectivity index (χ0) is 19.9. The third-order valence-corrected chi connectivity index (χ3v) is 4.76. The molecule has 1 fully saturated rings. The van der Waals surface area contributed by atoms with Crippen LogP contribution in [-0.2, 0) is 16.1 Å².